The van der Waals surface area contributed by atoms with Gasteiger partial charge in [-0.25, -0.2) is 9.97 Å². The van der Waals surface area contributed by atoms with Gasteiger partial charge in [-0.3, -0.25) is 0 Å². The molecule has 1 saturated heterocycles. The van der Waals surface area contributed by atoms with E-state index in [1.807, 2.05) is 0 Å². The maximum atomic E-state index is 4.61. The largest absolute Gasteiger partial charge is 0.372 e. The normalized spacial score (nSPS) is 14.3. The van der Waals surface area contributed by atoms with E-state index in [1.54, 1.807) is 17.7 Å². The predicted octanol–water partition coefficient (Wildman–Crippen LogP) is 6.71. The van der Waals surface area contributed by atoms with Gasteiger partial charge in [0.05, 0.1) is 5.39 Å². The van der Waals surface area contributed by atoms with Crippen LogP contribution in [0.4, 0.5) is 17.2 Å². The number of aromatic nitrogens is 2. The number of benzene rings is 2. The van der Waals surface area contributed by atoms with Gasteiger partial charge in [-0.15, -0.1) is 11.3 Å². The van der Waals surface area contributed by atoms with E-state index in [4.69, 9.17) is 0 Å². The number of aryl methyl sites for hydroxylation is 2. The van der Waals surface area contributed by atoms with Crippen LogP contribution < -0.4 is 10.2 Å². The zero-order chi connectivity index (χ0) is 20.5. The molecule has 0 atom stereocenters. The van der Waals surface area contributed by atoms with E-state index >= 15 is 0 Å². The number of rotatable bonds is 4. The second kappa shape index (κ2) is 8.07. The lowest BCUT2D eigenvalue weighted by atomic mass is 10.0. The van der Waals surface area contributed by atoms with E-state index in [1.165, 1.54) is 46.5 Å². The molecule has 4 aromatic rings. The van der Waals surface area contributed by atoms with Gasteiger partial charge in [-0.1, -0.05) is 29.8 Å². The molecule has 0 aliphatic carbocycles. The Morgan fingerprint density at radius 3 is 2.33 bits per heavy atom. The van der Waals surface area contributed by atoms with Crippen LogP contribution in [-0.2, 0) is 0 Å². The van der Waals surface area contributed by atoms with Gasteiger partial charge < -0.3 is 10.2 Å². The highest BCUT2D eigenvalue weighted by Gasteiger charge is 2.17. The summed E-state index contributed by atoms with van der Waals surface area (Å²) in [5, 5.41) is 4.65. The number of hydrogen-bond acceptors (Lipinski definition) is 5. The Morgan fingerprint density at radius 1 is 0.867 bits per heavy atom. The van der Waals surface area contributed by atoms with Gasteiger partial charge in [0.1, 0.15) is 17.0 Å². The number of piperidine rings is 1. The van der Waals surface area contributed by atoms with Gasteiger partial charge >= 0.3 is 0 Å². The molecule has 2 aromatic carbocycles. The van der Waals surface area contributed by atoms with Crippen molar-refractivity contribution in [3.05, 3.63) is 65.3 Å². The van der Waals surface area contributed by atoms with Crippen molar-refractivity contribution >= 4 is 38.7 Å². The van der Waals surface area contributed by atoms with Crippen molar-refractivity contribution in [3.63, 3.8) is 0 Å². The van der Waals surface area contributed by atoms with E-state index < -0.39 is 0 Å². The number of nitrogens with one attached hydrogen (secondary N) is 1. The number of nitrogens with zero attached hydrogens (tertiary/aromatic N) is 3. The third kappa shape index (κ3) is 3.65. The van der Waals surface area contributed by atoms with E-state index in [0.29, 0.717) is 0 Å². The second-order valence-corrected chi connectivity index (χ2v) is 9.22. The predicted molar refractivity (Wildman–Crippen MR) is 128 cm³/mol. The van der Waals surface area contributed by atoms with Crippen LogP contribution in [0.25, 0.3) is 21.3 Å². The summed E-state index contributed by atoms with van der Waals surface area (Å²) in [5.41, 5.74) is 6.05. The fourth-order valence-corrected chi connectivity index (χ4v) is 5.26. The highest BCUT2D eigenvalue weighted by molar-refractivity contribution is 7.19. The summed E-state index contributed by atoms with van der Waals surface area (Å²) >= 11 is 1.73. The first kappa shape index (κ1) is 19.1. The lowest BCUT2D eigenvalue weighted by Gasteiger charge is -2.28. The van der Waals surface area contributed by atoms with Crippen molar-refractivity contribution in [2.24, 2.45) is 0 Å². The lowest BCUT2D eigenvalue weighted by molar-refractivity contribution is 0.578. The molecule has 0 spiro atoms. The molecule has 0 radical (unpaired) electrons. The van der Waals surface area contributed by atoms with Crippen LogP contribution in [0.1, 0.15) is 29.7 Å². The molecule has 152 valence electrons. The van der Waals surface area contributed by atoms with Gasteiger partial charge in [0.15, 0.2) is 0 Å². The molecule has 0 unspecified atom stereocenters. The molecule has 0 amide bonds. The van der Waals surface area contributed by atoms with Gasteiger partial charge in [0, 0.05) is 34.9 Å². The summed E-state index contributed by atoms with van der Waals surface area (Å²) < 4.78 is 0. The molecule has 5 rings (SSSR count). The molecular formula is C25H26N4S. The van der Waals surface area contributed by atoms with E-state index in [0.717, 1.165) is 34.8 Å². The van der Waals surface area contributed by atoms with Gasteiger partial charge in [0.2, 0.25) is 0 Å². The van der Waals surface area contributed by atoms with Crippen LogP contribution in [-0.4, -0.2) is 23.1 Å². The Morgan fingerprint density at radius 2 is 1.60 bits per heavy atom. The third-order valence-corrected chi connectivity index (χ3v) is 6.87. The van der Waals surface area contributed by atoms with Crippen LogP contribution in [0.15, 0.2) is 54.9 Å². The van der Waals surface area contributed by atoms with Crippen LogP contribution in [0.2, 0.25) is 0 Å². The first-order valence-corrected chi connectivity index (χ1v) is 11.4. The van der Waals surface area contributed by atoms with E-state index in [9.17, 15) is 0 Å². The molecule has 1 N–H and O–H groups in total. The zero-order valence-electron chi connectivity index (χ0n) is 17.5. The fourth-order valence-electron chi connectivity index (χ4n) is 4.25. The summed E-state index contributed by atoms with van der Waals surface area (Å²) in [6.45, 7) is 6.60. The standard InChI is InChI=1S/C25H26N4S/c1-17-6-8-19(9-7-17)22-18(2)30-25-23(22)24(26-16-27-25)28-20-10-12-21(13-11-20)29-14-4-3-5-15-29/h6-13,16H,3-5,14-15H2,1-2H3,(H,26,27,28). The first-order chi connectivity index (χ1) is 14.7. The van der Waals surface area contributed by atoms with Crippen molar-refractivity contribution in [3.8, 4) is 11.1 Å². The van der Waals surface area contributed by atoms with E-state index in [2.05, 4.69) is 82.6 Å². The summed E-state index contributed by atoms with van der Waals surface area (Å²) in [7, 11) is 0. The number of fused-ring (bicyclic) bond motifs is 1. The zero-order valence-corrected chi connectivity index (χ0v) is 18.3. The molecule has 0 bridgehead atoms. The van der Waals surface area contributed by atoms with Crippen molar-refractivity contribution in [1.29, 1.82) is 0 Å². The van der Waals surface area contributed by atoms with Crippen molar-refractivity contribution < 1.29 is 0 Å². The van der Waals surface area contributed by atoms with Crippen molar-refractivity contribution in [1.82, 2.24) is 9.97 Å². The minimum Gasteiger partial charge on any atom is -0.372 e. The summed E-state index contributed by atoms with van der Waals surface area (Å²) in [4.78, 5) is 13.9. The molecule has 30 heavy (non-hydrogen) atoms. The fraction of sp³-hybridized carbons (Fsp3) is 0.280. The number of anilines is 3. The monoisotopic (exact) mass is 414 g/mol. The first-order valence-electron chi connectivity index (χ1n) is 10.6. The summed E-state index contributed by atoms with van der Waals surface area (Å²) in [6.07, 6.45) is 5.58. The molecule has 0 saturated carbocycles. The van der Waals surface area contributed by atoms with Crippen LogP contribution in [0.3, 0.4) is 0 Å². The highest BCUT2D eigenvalue weighted by Crippen LogP contribution is 2.41. The second-order valence-electron chi connectivity index (χ2n) is 8.02. The highest BCUT2D eigenvalue weighted by atomic mass is 32.1. The Hall–Kier alpha value is -2.92. The van der Waals surface area contributed by atoms with Crippen molar-refractivity contribution in [2.45, 2.75) is 33.1 Å². The van der Waals surface area contributed by atoms with Gasteiger partial charge in [0.25, 0.3) is 0 Å². The minimum atomic E-state index is 0.866. The molecule has 1 aliphatic rings. The van der Waals surface area contributed by atoms with Crippen LogP contribution in [0, 0.1) is 13.8 Å². The maximum Gasteiger partial charge on any atom is 0.143 e. The quantitative estimate of drug-likeness (QED) is 0.403. The van der Waals surface area contributed by atoms with Gasteiger partial charge in [-0.2, -0.15) is 0 Å². The SMILES string of the molecule is Cc1ccc(-c2c(C)sc3ncnc(Nc4ccc(N5CCCCC5)cc4)c23)cc1. The topological polar surface area (TPSA) is 41.1 Å². The van der Waals surface area contributed by atoms with E-state index in [-0.39, 0.29) is 0 Å². The Bertz CT molecular complexity index is 1160. The Labute approximate surface area is 181 Å². The van der Waals surface area contributed by atoms with Crippen LogP contribution >= 0.6 is 11.3 Å². The summed E-state index contributed by atoms with van der Waals surface area (Å²) in [5.74, 6) is 0.866. The summed E-state index contributed by atoms with van der Waals surface area (Å²) in [6, 6.07) is 17.4. The van der Waals surface area contributed by atoms with Crippen LogP contribution in [0.5, 0.6) is 0 Å². The average Bonchev–Trinajstić information content (AvgIpc) is 3.12. The maximum absolute atomic E-state index is 4.61. The van der Waals surface area contributed by atoms with Gasteiger partial charge in [-0.05, 0) is 62.9 Å². The number of thiophene rings is 1. The third-order valence-electron chi connectivity index (χ3n) is 5.86. The Kier molecular flexibility index (Phi) is 5.13. The molecule has 4 nitrogen and oxygen atoms in total. The molecule has 2 aromatic heterocycles. The smallest absolute Gasteiger partial charge is 0.143 e. The molecular weight excluding hydrogens is 388 g/mol. The molecule has 3 heterocycles. The molecule has 1 aliphatic heterocycles. The van der Waals surface area contributed by atoms with Crippen molar-refractivity contribution in [2.75, 3.05) is 23.3 Å². The molecule has 1 fully saturated rings. The average molecular weight is 415 g/mol. The number of hydrogen-bond donors (Lipinski definition) is 1. The lowest BCUT2D eigenvalue weighted by Crippen LogP contribution is -2.29. The molecule has 5 heteroatoms. The Balaban J connectivity index is 1.49. The minimum absolute atomic E-state index is 0.866.